The Labute approximate surface area is 466 Å². The minimum Gasteiger partial charge on any atom is -0.756 e. The van der Waals surface area contributed by atoms with Crippen molar-refractivity contribution >= 4 is 13.7 Å². The van der Waals surface area contributed by atoms with Crippen LogP contribution in [0.3, 0.4) is 0 Å². The number of phosphoric ester groups is 1. The van der Waals surface area contributed by atoms with Crippen LogP contribution in [0.15, 0.2) is 60.8 Å². The Bertz CT molecular complexity index is 1400. The SMILES string of the molecule is CCCCCCC/C=C\C/C=C\C/C=C\CCCCCCCCCCCCCCCCCCCCCCCCCCC(=O)NC(COP(=O)([O-])OCC[N+](C)(C)C)C(O)/C=C/CC/C=C/CCCCCCCCCC. The Balaban J connectivity index is 3.92. The van der Waals surface area contributed by atoms with Gasteiger partial charge in [0, 0.05) is 6.42 Å². The lowest BCUT2D eigenvalue weighted by Crippen LogP contribution is -2.45. The van der Waals surface area contributed by atoms with E-state index in [2.05, 4.69) is 67.8 Å². The average molecular weight is 1070 g/mol. The lowest BCUT2D eigenvalue weighted by Gasteiger charge is -2.29. The van der Waals surface area contributed by atoms with Gasteiger partial charge in [0.25, 0.3) is 7.82 Å². The number of quaternary nitrogens is 1. The number of likely N-dealkylation sites (N-methyl/N-ethyl adjacent to an activating group) is 1. The number of unbranched alkanes of at least 4 members (excludes halogenated alkanes) is 38. The van der Waals surface area contributed by atoms with Crippen LogP contribution in [0.4, 0.5) is 0 Å². The van der Waals surface area contributed by atoms with E-state index in [0.717, 1.165) is 51.4 Å². The molecule has 440 valence electrons. The smallest absolute Gasteiger partial charge is 0.268 e. The fourth-order valence-corrected chi connectivity index (χ4v) is 10.1. The Morgan fingerprint density at radius 3 is 1.17 bits per heavy atom. The number of aliphatic hydroxyl groups excluding tert-OH is 1. The fourth-order valence-electron chi connectivity index (χ4n) is 9.41. The molecule has 3 unspecified atom stereocenters. The number of hydrogen-bond acceptors (Lipinski definition) is 6. The van der Waals surface area contributed by atoms with Crippen LogP contribution in [0, 0.1) is 0 Å². The number of amides is 1. The first-order chi connectivity index (χ1) is 36.5. The predicted molar refractivity (Wildman–Crippen MR) is 325 cm³/mol. The van der Waals surface area contributed by atoms with Crippen molar-refractivity contribution in [1.29, 1.82) is 0 Å². The molecule has 0 aliphatic carbocycles. The first-order valence-corrected chi connectivity index (χ1v) is 33.6. The summed E-state index contributed by atoms with van der Waals surface area (Å²) in [4.78, 5) is 25.5. The number of nitrogens with one attached hydrogen (secondary N) is 1. The van der Waals surface area contributed by atoms with Gasteiger partial charge in [-0.1, -0.05) is 286 Å². The summed E-state index contributed by atoms with van der Waals surface area (Å²) in [5.41, 5.74) is 0. The number of nitrogens with zero attached hydrogens (tertiary/aromatic N) is 1. The third-order valence-corrected chi connectivity index (χ3v) is 15.4. The molecular weight excluding hydrogens is 948 g/mol. The number of allylic oxidation sites excluding steroid dienone is 9. The van der Waals surface area contributed by atoms with Gasteiger partial charge in [-0.25, -0.2) is 0 Å². The minimum atomic E-state index is -4.60. The molecule has 3 atom stereocenters. The second-order valence-electron chi connectivity index (χ2n) is 23.1. The summed E-state index contributed by atoms with van der Waals surface area (Å²) in [6.45, 7) is 4.63. The molecular formula is C66H125N2O6P. The molecule has 0 saturated carbocycles. The van der Waals surface area contributed by atoms with Crippen LogP contribution in [-0.4, -0.2) is 68.5 Å². The molecule has 0 aliphatic rings. The first kappa shape index (κ1) is 73.2. The monoisotopic (exact) mass is 1070 g/mol. The molecule has 0 aromatic heterocycles. The Morgan fingerprint density at radius 1 is 0.467 bits per heavy atom. The lowest BCUT2D eigenvalue weighted by molar-refractivity contribution is -0.870. The summed E-state index contributed by atoms with van der Waals surface area (Å²) in [5.74, 6) is -0.204. The van der Waals surface area contributed by atoms with Crippen molar-refractivity contribution in [2.24, 2.45) is 0 Å². The zero-order chi connectivity index (χ0) is 54.9. The van der Waals surface area contributed by atoms with Gasteiger partial charge in [0.1, 0.15) is 13.2 Å². The van der Waals surface area contributed by atoms with Gasteiger partial charge in [-0.05, 0) is 70.6 Å². The molecule has 0 aromatic carbocycles. The summed E-state index contributed by atoms with van der Waals surface area (Å²) in [6, 6.07) is -0.903. The Morgan fingerprint density at radius 2 is 0.787 bits per heavy atom. The zero-order valence-electron chi connectivity index (χ0n) is 50.3. The van der Waals surface area contributed by atoms with Crippen molar-refractivity contribution < 1.29 is 32.9 Å². The highest BCUT2D eigenvalue weighted by atomic mass is 31.2. The quantitative estimate of drug-likeness (QED) is 0.0272. The molecule has 2 N–H and O–H groups in total. The summed E-state index contributed by atoms with van der Waals surface area (Å²) < 4.78 is 23.3. The molecule has 0 aliphatic heterocycles. The van der Waals surface area contributed by atoms with E-state index < -0.39 is 26.6 Å². The number of carbonyl (C=O) groups is 1. The molecule has 1 amide bonds. The van der Waals surface area contributed by atoms with E-state index in [1.54, 1.807) is 6.08 Å². The fraction of sp³-hybridized carbons (Fsp3) is 0.833. The zero-order valence-corrected chi connectivity index (χ0v) is 51.1. The second-order valence-corrected chi connectivity index (χ2v) is 24.5. The molecule has 0 aromatic rings. The number of aliphatic hydroxyl groups is 1. The minimum absolute atomic E-state index is 0.00590. The molecule has 8 nitrogen and oxygen atoms in total. The number of hydrogen-bond donors (Lipinski definition) is 2. The molecule has 0 saturated heterocycles. The van der Waals surface area contributed by atoms with Crippen molar-refractivity contribution in [1.82, 2.24) is 5.32 Å². The highest BCUT2D eigenvalue weighted by Crippen LogP contribution is 2.38. The maximum absolute atomic E-state index is 13.0. The van der Waals surface area contributed by atoms with Crippen molar-refractivity contribution in [3.05, 3.63) is 60.8 Å². The molecule has 0 heterocycles. The lowest BCUT2D eigenvalue weighted by atomic mass is 10.0. The molecule has 0 radical (unpaired) electrons. The summed E-state index contributed by atoms with van der Waals surface area (Å²) >= 11 is 0. The number of rotatable bonds is 59. The van der Waals surface area contributed by atoms with E-state index in [4.69, 9.17) is 9.05 Å². The predicted octanol–water partition coefficient (Wildman–Crippen LogP) is 19.4. The third kappa shape index (κ3) is 59.7. The van der Waals surface area contributed by atoms with E-state index in [1.807, 2.05) is 27.2 Å². The highest BCUT2D eigenvalue weighted by Gasteiger charge is 2.23. The Hall–Kier alpha value is -1.80. The van der Waals surface area contributed by atoms with Crippen LogP contribution in [0.2, 0.25) is 0 Å². The number of carbonyl (C=O) groups excluding carboxylic acids is 1. The summed E-state index contributed by atoms with van der Waals surface area (Å²) in [7, 11) is 1.25. The Kier molecular flexibility index (Phi) is 55.5. The van der Waals surface area contributed by atoms with Gasteiger partial charge in [0.05, 0.1) is 39.9 Å². The van der Waals surface area contributed by atoms with Crippen LogP contribution in [0.1, 0.15) is 303 Å². The molecule has 75 heavy (non-hydrogen) atoms. The van der Waals surface area contributed by atoms with E-state index in [-0.39, 0.29) is 12.5 Å². The van der Waals surface area contributed by atoms with Crippen molar-refractivity contribution in [2.75, 3.05) is 40.9 Å². The van der Waals surface area contributed by atoms with Gasteiger partial charge in [0.15, 0.2) is 0 Å². The van der Waals surface area contributed by atoms with E-state index in [1.165, 1.54) is 231 Å². The van der Waals surface area contributed by atoms with Gasteiger partial charge in [0.2, 0.25) is 5.91 Å². The molecule has 0 bridgehead atoms. The van der Waals surface area contributed by atoms with Crippen LogP contribution in [-0.2, 0) is 18.4 Å². The van der Waals surface area contributed by atoms with Gasteiger partial charge in [-0.3, -0.25) is 9.36 Å². The standard InChI is InChI=1S/C66H125N2O6P/c1-6-8-10-12-14-16-18-20-22-23-24-25-26-27-28-29-30-31-32-33-34-35-36-37-38-39-40-41-42-43-44-45-46-48-50-52-54-56-58-60-66(70)67-64(63-74-75(71,72)73-62-61-68(3,4)5)65(69)59-57-55-53-51-49-47-21-19-17-15-13-11-9-7-2/h18,20,23-24,26-27,49,51,57,59,64-65,69H,6-17,19,21-22,25,28-48,50,52-56,58,60-63H2,1-5H3,(H-,67,70,71,72)/b20-18-,24-23-,27-26-,51-49+,59-57+. The maximum Gasteiger partial charge on any atom is 0.268 e. The maximum atomic E-state index is 13.0. The molecule has 0 spiro atoms. The molecule has 0 fully saturated rings. The van der Waals surface area contributed by atoms with Crippen LogP contribution < -0.4 is 10.2 Å². The first-order valence-electron chi connectivity index (χ1n) is 32.2. The van der Waals surface area contributed by atoms with E-state index in [0.29, 0.717) is 17.4 Å². The van der Waals surface area contributed by atoms with Gasteiger partial charge >= 0.3 is 0 Å². The summed E-state index contributed by atoms with van der Waals surface area (Å²) in [6.07, 6.45) is 77.7. The average Bonchev–Trinajstić information content (AvgIpc) is 3.37. The van der Waals surface area contributed by atoms with E-state index >= 15 is 0 Å². The number of phosphoric acid groups is 1. The van der Waals surface area contributed by atoms with Crippen LogP contribution >= 0.6 is 7.82 Å². The van der Waals surface area contributed by atoms with Crippen molar-refractivity contribution in [3.8, 4) is 0 Å². The van der Waals surface area contributed by atoms with Crippen molar-refractivity contribution in [2.45, 2.75) is 315 Å². The third-order valence-electron chi connectivity index (χ3n) is 14.4. The highest BCUT2D eigenvalue weighted by molar-refractivity contribution is 7.45. The van der Waals surface area contributed by atoms with Crippen molar-refractivity contribution in [3.63, 3.8) is 0 Å². The van der Waals surface area contributed by atoms with Crippen LogP contribution in [0.25, 0.3) is 0 Å². The van der Waals surface area contributed by atoms with Gasteiger partial charge in [-0.2, -0.15) is 0 Å². The van der Waals surface area contributed by atoms with Crippen LogP contribution in [0.5, 0.6) is 0 Å². The topological polar surface area (TPSA) is 108 Å². The molecule has 0 rings (SSSR count). The van der Waals surface area contributed by atoms with Gasteiger partial charge < -0.3 is 28.8 Å². The van der Waals surface area contributed by atoms with E-state index in [9.17, 15) is 19.4 Å². The normalized spacial score (nSPS) is 14.2. The van der Waals surface area contributed by atoms with Gasteiger partial charge in [-0.15, -0.1) is 0 Å². The molecule has 9 heteroatoms. The summed E-state index contributed by atoms with van der Waals surface area (Å²) in [5, 5.41) is 13.8. The largest absolute Gasteiger partial charge is 0.756 e. The second kappa shape index (κ2) is 56.9.